The molecular weight excluding hydrogens is 256 g/mol. The molecule has 0 aromatic heterocycles. The van der Waals surface area contributed by atoms with Gasteiger partial charge in [-0.15, -0.1) is 0 Å². The molecule has 2 N–H and O–H groups in total. The van der Waals surface area contributed by atoms with Crippen molar-refractivity contribution in [3.05, 3.63) is 18.2 Å². The van der Waals surface area contributed by atoms with Crippen LogP contribution in [0.1, 0.15) is 26.7 Å². The van der Waals surface area contributed by atoms with E-state index in [1.165, 1.54) is 0 Å². The quantitative estimate of drug-likeness (QED) is 0.839. The lowest BCUT2D eigenvalue weighted by Gasteiger charge is -2.34. The van der Waals surface area contributed by atoms with Crippen molar-refractivity contribution < 1.29 is 14.3 Å². The molecule has 1 aromatic carbocycles. The largest absolute Gasteiger partial charge is 0.479 e. The molecular formula is C15H20N2O3. The lowest BCUT2D eigenvalue weighted by molar-refractivity contribution is -0.126. The van der Waals surface area contributed by atoms with Crippen molar-refractivity contribution in [3.63, 3.8) is 0 Å². The number of hydrogen-bond acceptors (Lipinski definition) is 4. The molecule has 0 spiro atoms. The highest BCUT2D eigenvalue weighted by Crippen LogP contribution is 2.36. The highest BCUT2D eigenvalue weighted by molar-refractivity contribution is 6.00. The third kappa shape index (κ3) is 2.33. The zero-order chi connectivity index (χ0) is 14.3. The normalized spacial score (nSPS) is 29.2. The second-order valence-electron chi connectivity index (χ2n) is 5.58. The number of ether oxygens (including phenoxy) is 2. The second-order valence-corrected chi connectivity index (χ2v) is 5.58. The van der Waals surface area contributed by atoms with Gasteiger partial charge in [0.2, 0.25) is 0 Å². The van der Waals surface area contributed by atoms with Gasteiger partial charge in [-0.3, -0.25) is 4.79 Å². The standard InChI is InChI=1S/C15H20N2O3/c1-9-3-5-12(19-9)8-17-13-6-4-11(16)7-14(13)20-10(2)15(17)18/h4,6-7,9-10,12H,3,5,8,16H2,1-2H3. The number of benzene rings is 1. The molecule has 5 nitrogen and oxygen atoms in total. The summed E-state index contributed by atoms with van der Waals surface area (Å²) in [6.07, 6.45) is 1.94. The molecule has 0 bridgehead atoms. The fourth-order valence-electron chi connectivity index (χ4n) is 2.84. The Morgan fingerprint density at radius 2 is 2.15 bits per heavy atom. The third-order valence-corrected chi connectivity index (χ3v) is 3.90. The van der Waals surface area contributed by atoms with Crippen LogP contribution >= 0.6 is 0 Å². The first-order valence-electron chi connectivity index (χ1n) is 7.07. The molecule has 3 atom stereocenters. The Kier molecular flexibility index (Phi) is 3.30. The molecule has 108 valence electrons. The molecule has 1 fully saturated rings. The Morgan fingerprint density at radius 1 is 1.35 bits per heavy atom. The van der Waals surface area contributed by atoms with E-state index in [9.17, 15) is 4.79 Å². The van der Waals surface area contributed by atoms with Crippen molar-refractivity contribution in [2.24, 2.45) is 0 Å². The Balaban J connectivity index is 1.87. The molecule has 5 heteroatoms. The molecule has 2 aliphatic rings. The molecule has 0 radical (unpaired) electrons. The second kappa shape index (κ2) is 4.98. The summed E-state index contributed by atoms with van der Waals surface area (Å²) in [5.74, 6) is 0.647. The van der Waals surface area contributed by atoms with Gasteiger partial charge in [-0.25, -0.2) is 0 Å². The average molecular weight is 276 g/mol. The number of anilines is 2. The van der Waals surface area contributed by atoms with Crippen LogP contribution in [-0.2, 0) is 9.53 Å². The van der Waals surface area contributed by atoms with Gasteiger partial charge in [0.25, 0.3) is 5.91 Å². The van der Waals surface area contributed by atoms with E-state index in [1.54, 1.807) is 24.0 Å². The summed E-state index contributed by atoms with van der Waals surface area (Å²) < 4.78 is 11.5. The summed E-state index contributed by atoms with van der Waals surface area (Å²) in [6.45, 7) is 4.41. The number of carbonyl (C=O) groups is 1. The predicted octanol–water partition coefficient (Wildman–Crippen LogP) is 1.95. The lowest BCUT2D eigenvalue weighted by Crippen LogP contribution is -2.47. The minimum absolute atomic E-state index is 0.0228. The van der Waals surface area contributed by atoms with E-state index in [-0.39, 0.29) is 18.1 Å². The molecule has 1 saturated heterocycles. The van der Waals surface area contributed by atoms with Crippen molar-refractivity contribution in [1.82, 2.24) is 0 Å². The minimum Gasteiger partial charge on any atom is -0.479 e. The van der Waals surface area contributed by atoms with Crippen LogP contribution in [0.25, 0.3) is 0 Å². The van der Waals surface area contributed by atoms with E-state index in [4.69, 9.17) is 15.2 Å². The average Bonchev–Trinajstić information content (AvgIpc) is 2.80. The van der Waals surface area contributed by atoms with Gasteiger partial charge in [-0.2, -0.15) is 0 Å². The fourth-order valence-corrected chi connectivity index (χ4v) is 2.84. The molecule has 2 aliphatic heterocycles. The minimum atomic E-state index is -0.483. The highest BCUT2D eigenvalue weighted by atomic mass is 16.5. The number of carbonyl (C=O) groups excluding carboxylic acids is 1. The van der Waals surface area contributed by atoms with E-state index in [1.807, 2.05) is 6.07 Å². The topological polar surface area (TPSA) is 64.8 Å². The van der Waals surface area contributed by atoms with Crippen molar-refractivity contribution >= 4 is 17.3 Å². The lowest BCUT2D eigenvalue weighted by atomic mass is 10.1. The van der Waals surface area contributed by atoms with Crippen molar-refractivity contribution in [2.45, 2.75) is 45.0 Å². The predicted molar refractivity (Wildman–Crippen MR) is 76.9 cm³/mol. The molecule has 0 saturated carbocycles. The number of rotatable bonds is 2. The maximum atomic E-state index is 12.4. The molecule has 3 rings (SSSR count). The number of nitrogens with two attached hydrogens (primary N) is 1. The van der Waals surface area contributed by atoms with Crippen LogP contribution in [0.3, 0.4) is 0 Å². The number of nitrogens with zero attached hydrogens (tertiary/aromatic N) is 1. The number of amides is 1. The Bertz CT molecular complexity index is 532. The summed E-state index contributed by atoms with van der Waals surface area (Å²) in [6, 6.07) is 5.40. The van der Waals surface area contributed by atoms with Gasteiger partial charge in [0, 0.05) is 11.8 Å². The van der Waals surface area contributed by atoms with Crippen molar-refractivity contribution in [1.29, 1.82) is 0 Å². The van der Waals surface area contributed by atoms with Gasteiger partial charge in [-0.1, -0.05) is 0 Å². The summed E-state index contributed by atoms with van der Waals surface area (Å²) in [5, 5.41) is 0. The zero-order valence-corrected chi connectivity index (χ0v) is 11.8. The van der Waals surface area contributed by atoms with E-state index in [2.05, 4.69) is 6.92 Å². The monoisotopic (exact) mass is 276 g/mol. The molecule has 0 aliphatic carbocycles. The van der Waals surface area contributed by atoms with Crippen LogP contribution in [0.2, 0.25) is 0 Å². The molecule has 1 aromatic rings. The Morgan fingerprint density at radius 3 is 2.85 bits per heavy atom. The first-order valence-corrected chi connectivity index (χ1v) is 7.07. The van der Waals surface area contributed by atoms with Gasteiger partial charge in [0.1, 0.15) is 5.75 Å². The fraction of sp³-hybridized carbons (Fsp3) is 0.533. The van der Waals surface area contributed by atoms with Crippen LogP contribution in [-0.4, -0.2) is 30.8 Å². The Hall–Kier alpha value is -1.75. The Labute approximate surface area is 118 Å². The smallest absolute Gasteiger partial charge is 0.267 e. The van der Waals surface area contributed by atoms with Gasteiger partial charge < -0.3 is 20.1 Å². The summed E-state index contributed by atoms with van der Waals surface area (Å²) >= 11 is 0. The molecule has 20 heavy (non-hydrogen) atoms. The van der Waals surface area contributed by atoms with E-state index >= 15 is 0 Å². The van der Waals surface area contributed by atoms with Crippen LogP contribution in [0.5, 0.6) is 5.75 Å². The van der Waals surface area contributed by atoms with Crippen molar-refractivity contribution in [3.8, 4) is 5.75 Å². The number of fused-ring (bicyclic) bond motifs is 1. The van der Waals surface area contributed by atoms with Crippen LogP contribution < -0.4 is 15.4 Å². The maximum Gasteiger partial charge on any atom is 0.267 e. The number of hydrogen-bond donors (Lipinski definition) is 1. The third-order valence-electron chi connectivity index (χ3n) is 3.90. The van der Waals surface area contributed by atoms with Gasteiger partial charge in [-0.05, 0) is 38.8 Å². The van der Waals surface area contributed by atoms with E-state index in [0.29, 0.717) is 18.0 Å². The van der Waals surface area contributed by atoms with Gasteiger partial charge in [0.15, 0.2) is 6.10 Å². The summed E-state index contributed by atoms with van der Waals surface area (Å²) in [7, 11) is 0. The first-order chi connectivity index (χ1) is 9.54. The van der Waals surface area contributed by atoms with E-state index in [0.717, 1.165) is 18.5 Å². The zero-order valence-electron chi connectivity index (χ0n) is 11.8. The van der Waals surface area contributed by atoms with Crippen LogP contribution in [0.15, 0.2) is 18.2 Å². The van der Waals surface area contributed by atoms with Crippen molar-refractivity contribution in [2.75, 3.05) is 17.2 Å². The van der Waals surface area contributed by atoms with Crippen LogP contribution in [0, 0.1) is 0 Å². The molecule has 3 unspecified atom stereocenters. The van der Waals surface area contributed by atoms with Crippen LogP contribution in [0.4, 0.5) is 11.4 Å². The van der Waals surface area contributed by atoms with Gasteiger partial charge in [0.05, 0.1) is 24.4 Å². The SMILES string of the molecule is CC1CCC(CN2C(=O)C(C)Oc3cc(N)ccc32)O1. The van der Waals surface area contributed by atoms with E-state index < -0.39 is 6.10 Å². The summed E-state index contributed by atoms with van der Waals surface area (Å²) in [4.78, 5) is 14.1. The highest BCUT2D eigenvalue weighted by Gasteiger charge is 2.34. The van der Waals surface area contributed by atoms with Gasteiger partial charge >= 0.3 is 0 Å². The number of nitrogen functional groups attached to an aromatic ring is 1. The maximum absolute atomic E-state index is 12.4. The summed E-state index contributed by atoms with van der Waals surface area (Å²) in [5.41, 5.74) is 7.20. The first kappa shape index (κ1) is 13.2. The molecule has 1 amide bonds. The molecule has 2 heterocycles.